The minimum absolute atomic E-state index is 0. The van der Waals surface area contributed by atoms with E-state index < -0.39 is 0 Å². The Kier molecular flexibility index (Phi) is 7.78. The maximum Gasteiger partial charge on any atom is 0.321 e. The van der Waals surface area contributed by atoms with Gasteiger partial charge in [-0.05, 0) is 67.0 Å². The maximum atomic E-state index is 12.2. The van der Waals surface area contributed by atoms with Crippen LogP contribution in [0, 0.1) is 0 Å². The molecule has 2 aliphatic rings. The molecule has 1 saturated carbocycles. The molecule has 1 aliphatic carbocycles. The van der Waals surface area contributed by atoms with Crippen molar-refractivity contribution in [3.63, 3.8) is 0 Å². The van der Waals surface area contributed by atoms with Crippen LogP contribution in [0.4, 0.5) is 10.5 Å². The molecule has 6 heteroatoms. The molecule has 0 unspecified atom stereocenters. The summed E-state index contributed by atoms with van der Waals surface area (Å²) in [5, 5.41) is 6.23. The van der Waals surface area contributed by atoms with Crippen molar-refractivity contribution in [1.82, 2.24) is 10.2 Å². The van der Waals surface area contributed by atoms with E-state index in [-0.39, 0.29) is 18.4 Å². The number of nitrogens with one attached hydrogen (secondary N) is 2. The van der Waals surface area contributed by atoms with E-state index in [1.807, 2.05) is 17.0 Å². The lowest BCUT2D eigenvalue weighted by Crippen LogP contribution is -2.48. The summed E-state index contributed by atoms with van der Waals surface area (Å²) in [6.07, 6.45) is 4.60. The van der Waals surface area contributed by atoms with Crippen molar-refractivity contribution < 1.29 is 9.53 Å². The molecule has 4 rings (SSSR count). The van der Waals surface area contributed by atoms with Gasteiger partial charge in [0.05, 0.1) is 6.61 Å². The standard InChI is InChI=1S/C23H29N3O2.ClH/c27-23(26-15-13-24-14-16-26)25-21-9-3-18(4-10-21)2-1-17-28-22-11-7-20(8-12-22)19-5-6-19;/h3-4,7-12,19,24H,1-2,5-6,13-17H2,(H,25,27);1H. The Bertz CT molecular complexity index is 770. The second-order valence-electron chi connectivity index (χ2n) is 7.66. The number of hydrogen-bond acceptors (Lipinski definition) is 3. The zero-order valence-corrected chi connectivity index (χ0v) is 17.5. The average molecular weight is 416 g/mol. The third-order valence-corrected chi connectivity index (χ3v) is 5.42. The number of rotatable bonds is 7. The number of carbonyl (C=O) groups excluding carboxylic acids is 1. The zero-order chi connectivity index (χ0) is 19.2. The number of amides is 2. The number of nitrogens with zero attached hydrogens (tertiary/aromatic N) is 1. The molecule has 0 atom stereocenters. The predicted octanol–water partition coefficient (Wildman–Crippen LogP) is 4.43. The van der Waals surface area contributed by atoms with Crippen molar-refractivity contribution in [3.8, 4) is 5.75 Å². The molecule has 0 aromatic heterocycles. The van der Waals surface area contributed by atoms with Crippen LogP contribution in [0.25, 0.3) is 0 Å². The molecule has 0 spiro atoms. The molecule has 156 valence electrons. The van der Waals surface area contributed by atoms with Gasteiger partial charge in [-0.3, -0.25) is 0 Å². The van der Waals surface area contributed by atoms with Crippen LogP contribution in [-0.2, 0) is 6.42 Å². The quantitative estimate of drug-likeness (QED) is 0.657. The van der Waals surface area contributed by atoms with Crippen LogP contribution in [0.1, 0.15) is 36.3 Å². The minimum Gasteiger partial charge on any atom is -0.494 e. The van der Waals surface area contributed by atoms with Gasteiger partial charge >= 0.3 is 6.03 Å². The van der Waals surface area contributed by atoms with E-state index in [2.05, 4.69) is 47.0 Å². The van der Waals surface area contributed by atoms with Gasteiger partial charge in [0.25, 0.3) is 0 Å². The molecule has 1 heterocycles. The third-order valence-electron chi connectivity index (χ3n) is 5.42. The van der Waals surface area contributed by atoms with Gasteiger partial charge in [-0.2, -0.15) is 0 Å². The lowest BCUT2D eigenvalue weighted by Gasteiger charge is -2.27. The number of ether oxygens (including phenoxy) is 1. The topological polar surface area (TPSA) is 53.6 Å². The summed E-state index contributed by atoms with van der Waals surface area (Å²) in [6.45, 7) is 3.95. The van der Waals surface area contributed by atoms with Crippen molar-refractivity contribution in [2.45, 2.75) is 31.6 Å². The first-order valence-corrected chi connectivity index (χ1v) is 10.4. The van der Waals surface area contributed by atoms with Crippen molar-refractivity contribution >= 4 is 24.1 Å². The van der Waals surface area contributed by atoms with E-state index in [9.17, 15) is 4.79 Å². The summed E-state index contributed by atoms with van der Waals surface area (Å²) in [5.41, 5.74) is 3.55. The SMILES string of the molecule is Cl.O=C(Nc1ccc(CCCOc2ccc(C3CC3)cc2)cc1)N1CCNCC1. The van der Waals surface area contributed by atoms with Gasteiger partial charge in [-0.1, -0.05) is 24.3 Å². The summed E-state index contributed by atoms with van der Waals surface area (Å²) < 4.78 is 5.86. The van der Waals surface area contributed by atoms with E-state index >= 15 is 0 Å². The van der Waals surface area contributed by atoms with E-state index in [0.29, 0.717) is 6.61 Å². The first-order chi connectivity index (χ1) is 13.8. The van der Waals surface area contributed by atoms with Crippen LogP contribution in [0.2, 0.25) is 0 Å². The Morgan fingerprint density at radius 1 is 1.03 bits per heavy atom. The molecule has 2 aromatic rings. The first-order valence-electron chi connectivity index (χ1n) is 10.4. The Balaban J connectivity index is 0.00000240. The molecule has 2 N–H and O–H groups in total. The molecule has 29 heavy (non-hydrogen) atoms. The number of urea groups is 1. The van der Waals surface area contributed by atoms with Crippen LogP contribution in [0.3, 0.4) is 0 Å². The highest BCUT2D eigenvalue weighted by atomic mass is 35.5. The van der Waals surface area contributed by atoms with E-state index in [4.69, 9.17) is 4.74 Å². The van der Waals surface area contributed by atoms with Gasteiger partial charge in [0, 0.05) is 31.9 Å². The van der Waals surface area contributed by atoms with E-state index in [0.717, 1.165) is 56.4 Å². The molecule has 2 amide bonds. The van der Waals surface area contributed by atoms with Crippen LogP contribution >= 0.6 is 12.4 Å². The highest BCUT2D eigenvalue weighted by Crippen LogP contribution is 2.40. The minimum atomic E-state index is -0.0182. The van der Waals surface area contributed by atoms with Gasteiger partial charge < -0.3 is 20.3 Å². The third kappa shape index (κ3) is 6.38. The van der Waals surface area contributed by atoms with E-state index in [1.165, 1.54) is 24.0 Å². The molecular formula is C23H30ClN3O2. The maximum absolute atomic E-state index is 12.2. The van der Waals surface area contributed by atoms with Crippen LogP contribution < -0.4 is 15.4 Å². The fourth-order valence-corrected chi connectivity index (χ4v) is 3.54. The Morgan fingerprint density at radius 2 is 1.72 bits per heavy atom. The number of piperazine rings is 1. The second-order valence-corrected chi connectivity index (χ2v) is 7.66. The van der Waals surface area contributed by atoms with Crippen molar-refractivity contribution in [3.05, 3.63) is 59.7 Å². The normalized spacial score (nSPS) is 16.1. The summed E-state index contributed by atoms with van der Waals surface area (Å²) in [7, 11) is 0. The first kappa shape index (κ1) is 21.5. The van der Waals surface area contributed by atoms with Gasteiger partial charge in [0.2, 0.25) is 0 Å². The average Bonchev–Trinajstić information content (AvgIpc) is 3.59. The number of halogens is 1. The number of carbonyl (C=O) groups is 1. The Morgan fingerprint density at radius 3 is 2.38 bits per heavy atom. The Labute approximate surface area is 179 Å². The zero-order valence-electron chi connectivity index (χ0n) is 16.7. The van der Waals surface area contributed by atoms with Crippen molar-refractivity contribution in [1.29, 1.82) is 0 Å². The summed E-state index contributed by atoms with van der Waals surface area (Å²) in [4.78, 5) is 14.1. The van der Waals surface area contributed by atoms with Crippen LogP contribution in [0.5, 0.6) is 5.75 Å². The molecule has 1 saturated heterocycles. The van der Waals surface area contributed by atoms with Crippen LogP contribution in [-0.4, -0.2) is 43.7 Å². The van der Waals surface area contributed by atoms with Gasteiger partial charge in [-0.25, -0.2) is 4.79 Å². The molecule has 1 aliphatic heterocycles. The number of hydrogen-bond donors (Lipinski definition) is 2. The second kappa shape index (κ2) is 10.5. The van der Waals surface area contributed by atoms with E-state index in [1.54, 1.807) is 0 Å². The number of anilines is 1. The van der Waals surface area contributed by atoms with Gasteiger partial charge in [-0.15, -0.1) is 12.4 Å². The Hall–Kier alpha value is -2.24. The molecule has 0 radical (unpaired) electrons. The molecule has 5 nitrogen and oxygen atoms in total. The van der Waals surface area contributed by atoms with Crippen molar-refractivity contribution in [2.24, 2.45) is 0 Å². The summed E-state index contributed by atoms with van der Waals surface area (Å²) in [5.74, 6) is 1.74. The highest BCUT2D eigenvalue weighted by molar-refractivity contribution is 5.89. The molecule has 2 fully saturated rings. The fourth-order valence-electron chi connectivity index (χ4n) is 3.54. The van der Waals surface area contributed by atoms with Gasteiger partial charge in [0.15, 0.2) is 0 Å². The van der Waals surface area contributed by atoms with Crippen LogP contribution in [0.15, 0.2) is 48.5 Å². The number of aryl methyl sites for hydroxylation is 1. The number of benzene rings is 2. The lowest BCUT2D eigenvalue weighted by atomic mass is 10.1. The highest BCUT2D eigenvalue weighted by Gasteiger charge is 2.23. The largest absolute Gasteiger partial charge is 0.494 e. The summed E-state index contributed by atoms with van der Waals surface area (Å²) >= 11 is 0. The smallest absolute Gasteiger partial charge is 0.321 e. The molecular weight excluding hydrogens is 386 g/mol. The molecule has 2 aromatic carbocycles. The van der Waals surface area contributed by atoms with Crippen molar-refractivity contribution in [2.75, 3.05) is 38.1 Å². The monoisotopic (exact) mass is 415 g/mol. The molecule has 0 bridgehead atoms. The predicted molar refractivity (Wildman–Crippen MR) is 119 cm³/mol. The fraction of sp³-hybridized carbons (Fsp3) is 0.435. The van der Waals surface area contributed by atoms with Gasteiger partial charge in [0.1, 0.15) is 5.75 Å². The summed E-state index contributed by atoms with van der Waals surface area (Å²) in [6, 6.07) is 16.7. The lowest BCUT2D eigenvalue weighted by molar-refractivity contribution is 0.204.